The molecular weight excluding hydrogens is 290 g/mol. The van der Waals surface area contributed by atoms with E-state index in [0.29, 0.717) is 0 Å². The molecule has 2 N–H and O–H groups in total. The zero-order valence-electron chi connectivity index (χ0n) is 14.6. The van der Waals surface area contributed by atoms with Crippen LogP contribution >= 0.6 is 0 Å². The minimum absolute atomic E-state index is 0.102. The Morgan fingerprint density at radius 1 is 1.13 bits per heavy atom. The quantitative estimate of drug-likeness (QED) is 0.826. The second-order valence-corrected chi connectivity index (χ2v) is 7.49. The molecule has 132 valence electrons. The van der Waals surface area contributed by atoms with Gasteiger partial charge in [0.15, 0.2) is 0 Å². The first-order chi connectivity index (χ1) is 11.3. The lowest BCUT2D eigenvalue weighted by Gasteiger charge is -2.47. The first-order valence-corrected chi connectivity index (χ1v) is 9.56. The number of hydrogen-bond acceptors (Lipinski definition) is 4. The molecule has 5 nitrogen and oxygen atoms in total. The summed E-state index contributed by atoms with van der Waals surface area (Å²) in [6.45, 7) is 3.97. The topological polar surface area (TPSA) is 53.6 Å². The Labute approximate surface area is 140 Å². The average Bonchev–Trinajstić information content (AvgIpc) is 2.63. The van der Waals surface area contributed by atoms with E-state index in [1.165, 1.54) is 38.5 Å². The number of piperidine rings is 2. The standard InChI is InChI=1S/C18H33N3O2/c1-23-16-8-11-19-14-15(16)20-17(22)18(9-4-2-5-10-18)21-12-6-3-7-13-21/h15-16,19H,2-14H2,1H3,(H,20,22). The Morgan fingerprint density at radius 2 is 1.83 bits per heavy atom. The van der Waals surface area contributed by atoms with E-state index in [-0.39, 0.29) is 23.6 Å². The normalized spacial score (nSPS) is 32.4. The summed E-state index contributed by atoms with van der Waals surface area (Å²) in [5, 5.41) is 6.75. The van der Waals surface area contributed by atoms with Crippen LogP contribution in [0.25, 0.3) is 0 Å². The number of amides is 1. The first-order valence-electron chi connectivity index (χ1n) is 9.56. The molecule has 1 aliphatic carbocycles. The summed E-state index contributed by atoms with van der Waals surface area (Å²) >= 11 is 0. The van der Waals surface area contributed by atoms with E-state index >= 15 is 0 Å². The Kier molecular flexibility index (Phi) is 5.94. The average molecular weight is 323 g/mol. The van der Waals surface area contributed by atoms with E-state index in [1.54, 1.807) is 7.11 Å². The van der Waals surface area contributed by atoms with Crippen LogP contribution in [0, 0.1) is 0 Å². The Bertz CT molecular complexity index is 390. The van der Waals surface area contributed by atoms with Gasteiger partial charge in [0.1, 0.15) is 5.54 Å². The van der Waals surface area contributed by atoms with Crippen LogP contribution in [0.2, 0.25) is 0 Å². The highest BCUT2D eigenvalue weighted by Gasteiger charge is 2.45. The van der Waals surface area contributed by atoms with Gasteiger partial charge in [-0.25, -0.2) is 0 Å². The molecule has 2 atom stereocenters. The highest BCUT2D eigenvalue weighted by Crippen LogP contribution is 2.36. The number of methoxy groups -OCH3 is 1. The van der Waals surface area contributed by atoms with Gasteiger partial charge in [0.2, 0.25) is 5.91 Å². The van der Waals surface area contributed by atoms with Crippen LogP contribution in [0.1, 0.15) is 57.8 Å². The van der Waals surface area contributed by atoms with Crippen molar-refractivity contribution in [2.75, 3.05) is 33.3 Å². The van der Waals surface area contributed by atoms with Crippen LogP contribution in [-0.4, -0.2) is 61.8 Å². The van der Waals surface area contributed by atoms with Gasteiger partial charge in [-0.05, 0) is 51.7 Å². The second kappa shape index (κ2) is 7.95. The van der Waals surface area contributed by atoms with Crippen molar-refractivity contribution in [3.05, 3.63) is 0 Å². The molecule has 0 aromatic heterocycles. The van der Waals surface area contributed by atoms with Gasteiger partial charge in [-0.2, -0.15) is 0 Å². The van der Waals surface area contributed by atoms with Gasteiger partial charge in [-0.1, -0.05) is 25.7 Å². The summed E-state index contributed by atoms with van der Waals surface area (Å²) in [5.41, 5.74) is -0.256. The lowest BCUT2D eigenvalue weighted by Crippen LogP contribution is -2.65. The fourth-order valence-corrected chi connectivity index (χ4v) is 4.71. The maximum atomic E-state index is 13.3. The summed E-state index contributed by atoms with van der Waals surface area (Å²) in [6, 6.07) is 0.102. The molecule has 2 saturated heterocycles. The SMILES string of the molecule is COC1CCNCC1NC(=O)C1(N2CCCCC2)CCCCC1. The first kappa shape index (κ1) is 17.2. The van der Waals surface area contributed by atoms with Crippen molar-refractivity contribution in [3.8, 4) is 0 Å². The van der Waals surface area contributed by atoms with Crippen molar-refractivity contribution in [1.82, 2.24) is 15.5 Å². The van der Waals surface area contributed by atoms with Gasteiger partial charge in [-0.15, -0.1) is 0 Å². The van der Waals surface area contributed by atoms with Crippen LogP contribution in [0.15, 0.2) is 0 Å². The van der Waals surface area contributed by atoms with E-state index in [1.807, 2.05) is 0 Å². The van der Waals surface area contributed by atoms with Crippen molar-refractivity contribution in [3.63, 3.8) is 0 Å². The Hall–Kier alpha value is -0.650. The van der Waals surface area contributed by atoms with Crippen LogP contribution in [-0.2, 0) is 9.53 Å². The molecule has 1 amide bonds. The van der Waals surface area contributed by atoms with Crippen LogP contribution < -0.4 is 10.6 Å². The van der Waals surface area contributed by atoms with Crippen molar-refractivity contribution in [1.29, 1.82) is 0 Å². The molecule has 0 aromatic rings. The lowest BCUT2D eigenvalue weighted by molar-refractivity contribution is -0.139. The zero-order chi connectivity index (χ0) is 16.1. The minimum Gasteiger partial charge on any atom is -0.379 e. The predicted molar refractivity (Wildman–Crippen MR) is 91.5 cm³/mol. The molecule has 3 fully saturated rings. The molecule has 23 heavy (non-hydrogen) atoms. The smallest absolute Gasteiger partial charge is 0.240 e. The summed E-state index contributed by atoms with van der Waals surface area (Å²) < 4.78 is 5.60. The highest BCUT2D eigenvalue weighted by atomic mass is 16.5. The summed E-state index contributed by atoms with van der Waals surface area (Å²) in [4.78, 5) is 15.8. The zero-order valence-corrected chi connectivity index (χ0v) is 14.6. The van der Waals surface area contributed by atoms with Gasteiger partial charge >= 0.3 is 0 Å². The molecule has 3 aliphatic rings. The molecule has 2 aliphatic heterocycles. The second-order valence-electron chi connectivity index (χ2n) is 7.49. The number of ether oxygens (including phenoxy) is 1. The van der Waals surface area contributed by atoms with Crippen LogP contribution in [0.5, 0.6) is 0 Å². The Morgan fingerprint density at radius 3 is 2.52 bits per heavy atom. The number of rotatable bonds is 4. The van der Waals surface area contributed by atoms with Gasteiger partial charge < -0.3 is 15.4 Å². The molecule has 5 heteroatoms. The molecule has 3 rings (SSSR count). The van der Waals surface area contributed by atoms with E-state index in [0.717, 1.165) is 45.4 Å². The lowest BCUT2D eigenvalue weighted by atomic mass is 9.78. The third kappa shape index (κ3) is 3.72. The molecule has 0 bridgehead atoms. The summed E-state index contributed by atoms with van der Waals surface area (Å²) in [5.74, 6) is 0.259. The third-order valence-corrected chi connectivity index (χ3v) is 6.10. The van der Waals surface area contributed by atoms with Gasteiger partial charge in [0.25, 0.3) is 0 Å². The van der Waals surface area contributed by atoms with E-state index in [4.69, 9.17) is 4.74 Å². The third-order valence-electron chi connectivity index (χ3n) is 6.10. The minimum atomic E-state index is -0.256. The number of likely N-dealkylation sites (tertiary alicyclic amines) is 1. The van der Waals surface area contributed by atoms with Crippen molar-refractivity contribution >= 4 is 5.91 Å². The largest absolute Gasteiger partial charge is 0.379 e. The molecule has 2 unspecified atom stereocenters. The van der Waals surface area contributed by atoms with E-state index < -0.39 is 0 Å². The van der Waals surface area contributed by atoms with Gasteiger partial charge in [0.05, 0.1) is 12.1 Å². The maximum absolute atomic E-state index is 13.3. The molecule has 2 heterocycles. The van der Waals surface area contributed by atoms with Gasteiger partial charge in [0, 0.05) is 13.7 Å². The highest BCUT2D eigenvalue weighted by molar-refractivity contribution is 5.86. The molecular formula is C18H33N3O2. The number of carbonyl (C=O) groups excluding carboxylic acids is 1. The monoisotopic (exact) mass is 323 g/mol. The Balaban J connectivity index is 1.71. The number of nitrogens with zero attached hydrogens (tertiary/aromatic N) is 1. The van der Waals surface area contributed by atoms with Crippen molar-refractivity contribution in [2.24, 2.45) is 0 Å². The molecule has 0 radical (unpaired) electrons. The molecule has 0 spiro atoms. The fourth-order valence-electron chi connectivity index (χ4n) is 4.71. The van der Waals surface area contributed by atoms with E-state index in [9.17, 15) is 4.79 Å². The number of hydrogen-bond donors (Lipinski definition) is 2. The predicted octanol–water partition coefficient (Wildman–Crippen LogP) is 1.67. The van der Waals surface area contributed by atoms with E-state index in [2.05, 4.69) is 15.5 Å². The van der Waals surface area contributed by atoms with Crippen molar-refractivity contribution < 1.29 is 9.53 Å². The van der Waals surface area contributed by atoms with Crippen molar-refractivity contribution in [2.45, 2.75) is 75.5 Å². The maximum Gasteiger partial charge on any atom is 0.240 e. The van der Waals surface area contributed by atoms with Crippen LogP contribution in [0.4, 0.5) is 0 Å². The molecule has 1 saturated carbocycles. The summed E-state index contributed by atoms with van der Waals surface area (Å²) in [7, 11) is 1.76. The number of nitrogens with one attached hydrogen (secondary N) is 2. The van der Waals surface area contributed by atoms with Crippen LogP contribution in [0.3, 0.4) is 0 Å². The van der Waals surface area contributed by atoms with Gasteiger partial charge in [-0.3, -0.25) is 9.69 Å². The fraction of sp³-hybridized carbons (Fsp3) is 0.944. The number of carbonyl (C=O) groups is 1. The summed E-state index contributed by atoms with van der Waals surface area (Å²) in [6.07, 6.45) is 10.6. The molecule has 0 aromatic carbocycles.